The molecule has 126 valence electrons. The number of aromatic nitrogens is 1. The summed E-state index contributed by atoms with van der Waals surface area (Å²) in [6.07, 6.45) is 6.86. The van der Waals surface area contributed by atoms with E-state index >= 15 is 0 Å². The smallest absolute Gasteiger partial charge is 0.120 e. The maximum absolute atomic E-state index is 6.55. The van der Waals surface area contributed by atoms with E-state index in [0.717, 1.165) is 0 Å². The maximum atomic E-state index is 6.55. The molecule has 0 saturated carbocycles. The number of hydrogen-bond acceptors (Lipinski definition) is 1. The molecule has 2 nitrogen and oxygen atoms in total. The molecule has 2 bridgehead atoms. The van der Waals surface area contributed by atoms with Crippen molar-refractivity contribution in [1.82, 2.24) is 4.57 Å². The Labute approximate surface area is 148 Å². The van der Waals surface area contributed by atoms with Gasteiger partial charge in [0.25, 0.3) is 0 Å². The van der Waals surface area contributed by atoms with Gasteiger partial charge in [0.15, 0.2) is 0 Å². The third-order valence-corrected chi connectivity index (χ3v) is 5.87. The summed E-state index contributed by atoms with van der Waals surface area (Å²) < 4.78 is 8.83. The zero-order valence-corrected chi connectivity index (χ0v) is 15.2. The Hall–Kier alpha value is -2.32. The van der Waals surface area contributed by atoms with Crippen LogP contribution >= 0.6 is 0 Å². The van der Waals surface area contributed by atoms with Gasteiger partial charge in [0.1, 0.15) is 11.7 Å². The molecule has 3 aromatic rings. The average molecular weight is 329 g/mol. The first-order valence-electron chi connectivity index (χ1n) is 8.97. The first-order chi connectivity index (χ1) is 11.9. The highest BCUT2D eigenvalue weighted by Gasteiger charge is 2.55. The molecule has 0 amide bonds. The Morgan fingerprint density at radius 1 is 1.04 bits per heavy atom. The van der Waals surface area contributed by atoms with Gasteiger partial charge in [-0.15, -0.1) is 0 Å². The Morgan fingerprint density at radius 3 is 2.52 bits per heavy atom. The molecule has 25 heavy (non-hydrogen) atoms. The molecule has 5 rings (SSSR count). The molecule has 0 fully saturated rings. The minimum Gasteiger partial charge on any atom is -0.353 e. The quantitative estimate of drug-likeness (QED) is 0.520. The second-order valence-corrected chi connectivity index (χ2v) is 8.33. The van der Waals surface area contributed by atoms with E-state index < -0.39 is 0 Å². The summed E-state index contributed by atoms with van der Waals surface area (Å²) in [6, 6.07) is 15.2. The minimum atomic E-state index is -0.341. The van der Waals surface area contributed by atoms with Crippen LogP contribution in [0.5, 0.6) is 0 Å². The second-order valence-electron chi connectivity index (χ2n) is 8.33. The van der Waals surface area contributed by atoms with Gasteiger partial charge in [-0.2, -0.15) is 0 Å². The Morgan fingerprint density at radius 2 is 1.80 bits per heavy atom. The normalized spacial score (nSPS) is 24.2. The van der Waals surface area contributed by atoms with Crippen molar-refractivity contribution in [2.75, 3.05) is 0 Å². The second kappa shape index (κ2) is 4.64. The Bertz CT molecular complexity index is 1020. The summed E-state index contributed by atoms with van der Waals surface area (Å²) in [5.74, 6) is 0. The van der Waals surface area contributed by atoms with Crippen molar-refractivity contribution >= 4 is 10.9 Å². The maximum Gasteiger partial charge on any atom is 0.120 e. The van der Waals surface area contributed by atoms with Gasteiger partial charge in [0.2, 0.25) is 0 Å². The van der Waals surface area contributed by atoms with Crippen LogP contribution in [-0.2, 0) is 17.4 Å². The molecule has 2 aliphatic heterocycles. The highest BCUT2D eigenvalue weighted by atomic mass is 16.5. The number of fused-ring (bicyclic) bond motifs is 7. The lowest BCUT2D eigenvalue weighted by atomic mass is 9.70. The van der Waals surface area contributed by atoms with E-state index in [2.05, 4.69) is 93.2 Å². The first-order valence-corrected chi connectivity index (χ1v) is 8.97. The van der Waals surface area contributed by atoms with Crippen LogP contribution in [0.4, 0.5) is 0 Å². The van der Waals surface area contributed by atoms with Crippen molar-refractivity contribution in [2.24, 2.45) is 12.5 Å². The zero-order chi connectivity index (χ0) is 17.4. The van der Waals surface area contributed by atoms with Crippen LogP contribution < -0.4 is 0 Å². The standard InChI is InChI=1S/C23H23NO/c1-22(2,3)23-13-12-19(25-23)17-11-10-16-18(15-8-6-5-7-9-15)14-24(4)21(16)20(17)23/h5-14,19H,1-4H3. The molecule has 0 radical (unpaired) electrons. The fraction of sp³-hybridized carbons (Fsp3) is 0.304. The highest BCUT2D eigenvalue weighted by molar-refractivity contribution is 5.99. The van der Waals surface area contributed by atoms with Crippen molar-refractivity contribution in [1.29, 1.82) is 0 Å². The molecule has 0 saturated heterocycles. The number of ether oxygens (including phenoxy) is 1. The van der Waals surface area contributed by atoms with E-state index in [-0.39, 0.29) is 17.1 Å². The van der Waals surface area contributed by atoms with Gasteiger partial charge in [-0.1, -0.05) is 69.3 Å². The number of aryl methyl sites for hydroxylation is 1. The molecule has 2 aliphatic rings. The lowest BCUT2D eigenvalue weighted by Crippen LogP contribution is -2.37. The monoisotopic (exact) mass is 329 g/mol. The highest BCUT2D eigenvalue weighted by Crippen LogP contribution is 2.60. The zero-order valence-electron chi connectivity index (χ0n) is 15.2. The van der Waals surface area contributed by atoms with Crippen molar-refractivity contribution in [2.45, 2.75) is 32.5 Å². The third kappa shape index (κ3) is 1.78. The summed E-state index contributed by atoms with van der Waals surface area (Å²) >= 11 is 0. The first kappa shape index (κ1) is 15.0. The largest absolute Gasteiger partial charge is 0.353 e. The molecule has 3 heterocycles. The molecule has 0 aliphatic carbocycles. The van der Waals surface area contributed by atoms with Crippen molar-refractivity contribution < 1.29 is 4.74 Å². The van der Waals surface area contributed by atoms with Gasteiger partial charge in [0.05, 0.1) is 5.52 Å². The molecular weight excluding hydrogens is 306 g/mol. The van der Waals surface area contributed by atoms with Gasteiger partial charge >= 0.3 is 0 Å². The van der Waals surface area contributed by atoms with Crippen LogP contribution in [0, 0.1) is 5.41 Å². The summed E-state index contributed by atoms with van der Waals surface area (Å²) in [7, 11) is 2.15. The lowest BCUT2D eigenvalue weighted by molar-refractivity contribution is -0.0747. The molecule has 2 atom stereocenters. The number of benzene rings is 2. The van der Waals surface area contributed by atoms with Gasteiger partial charge in [0, 0.05) is 29.8 Å². The molecule has 1 aromatic heterocycles. The Kier molecular flexibility index (Phi) is 2.78. The predicted octanol–water partition coefficient (Wildman–Crippen LogP) is 5.73. The topological polar surface area (TPSA) is 14.2 Å². The van der Waals surface area contributed by atoms with Crippen LogP contribution in [-0.4, -0.2) is 4.57 Å². The fourth-order valence-electron chi connectivity index (χ4n) is 4.61. The van der Waals surface area contributed by atoms with E-state index in [1.807, 2.05) is 0 Å². The van der Waals surface area contributed by atoms with Crippen molar-refractivity contribution in [3.05, 3.63) is 71.9 Å². The van der Waals surface area contributed by atoms with Crippen LogP contribution in [0.25, 0.3) is 22.0 Å². The number of rotatable bonds is 1. The van der Waals surface area contributed by atoms with Gasteiger partial charge in [-0.3, -0.25) is 0 Å². The van der Waals surface area contributed by atoms with E-state index in [0.29, 0.717) is 0 Å². The SMILES string of the molecule is Cn1cc(-c2ccccc2)c2ccc3c(c21)C1(C(C)(C)C)C=CC3O1. The van der Waals surface area contributed by atoms with Crippen LogP contribution in [0.2, 0.25) is 0 Å². The minimum absolute atomic E-state index is 0.00500. The molecule has 2 heteroatoms. The van der Waals surface area contributed by atoms with Gasteiger partial charge in [-0.25, -0.2) is 0 Å². The Balaban J connectivity index is 1.86. The molecular formula is C23H23NO. The summed E-state index contributed by atoms with van der Waals surface area (Å²) in [6.45, 7) is 6.82. The van der Waals surface area contributed by atoms with E-state index in [9.17, 15) is 0 Å². The lowest BCUT2D eigenvalue weighted by Gasteiger charge is -2.38. The molecule has 0 spiro atoms. The summed E-state index contributed by atoms with van der Waals surface area (Å²) in [4.78, 5) is 0. The van der Waals surface area contributed by atoms with Crippen LogP contribution in [0.15, 0.2) is 60.8 Å². The van der Waals surface area contributed by atoms with Crippen LogP contribution in [0.3, 0.4) is 0 Å². The number of nitrogens with zero attached hydrogens (tertiary/aromatic N) is 1. The fourth-order valence-corrected chi connectivity index (χ4v) is 4.61. The van der Waals surface area contributed by atoms with E-state index in [1.165, 1.54) is 33.2 Å². The van der Waals surface area contributed by atoms with Gasteiger partial charge in [-0.05, 0) is 22.6 Å². The summed E-state index contributed by atoms with van der Waals surface area (Å²) in [5.41, 5.74) is 6.19. The van der Waals surface area contributed by atoms with E-state index in [1.54, 1.807) is 0 Å². The number of hydrogen-bond donors (Lipinski definition) is 0. The molecule has 2 unspecified atom stereocenters. The van der Waals surface area contributed by atoms with Crippen molar-refractivity contribution in [3.8, 4) is 11.1 Å². The predicted molar refractivity (Wildman–Crippen MR) is 102 cm³/mol. The van der Waals surface area contributed by atoms with Gasteiger partial charge < -0.3 is 9.30 Å². The van der Waals surface area contributed by atoms with Crippen molar-refractivity contribution in [3.63, 3.8) is 0 Å². The molecule has 0 N–H and O–H groups in total. The van der Waals surface area contributed by atoms with E-state index in [4.69, 9.17) is 4.74 Å². The summed E-state index contributed by atoms with van der Waals surface area (Å²) in [5, 5.41) is 1.31. The average Bonchev–Trinajstić information content (AvgIpc) is 3.26. The van der Waals surface area contributed by atoms with Crippen LogP contribution in [0.1, 0.15) is 38.0 Å². The third-order valence-electron chi connectivity index (χ3n) is 5.87. The molecule has 2 aromatic carbocycles.